The Bertz CT molecular complexity index is 982. The number of nitrogens with one attached hydrogen (secondary N) is 2. The summed E-state index contributed by atoms with van der Waals surface area (Å²) in [5.74, 6) is -0.0284. The van der Waals surface area contributed by atoms with E-state index in [1.165, 1.54) is 21.6 Å². The average molecular weight is 385 g/mol. The predicted molar refractivity (Wildman–Crippen MR) is 109 cm³/mol. The number of hydrogen-bond acceptors (Lipinski definition) is 4. The summed E-state index contributed by atoms with van der Waals surface area (Å²) in [5.41, 5.74) is 4.32. The molecule has 2 heterocycles. The molecule has 0 atom stereocenters. The van der Waals surface area contributed by atoms with Gasteiger partial charge < -0.3 is 5.32 Å². The molecule has 0 radical (unpaired) electrons. The molecule has 27 heavy (non-hydrogen) atoms. The molecule has 0 saturated carbocycles. The molecule has 142 valence electrons. The minimum absolute atomic E-state index is 0.0284. The summed E-state index contributed by atoms with van der Waals surface area (Å²) in [4.78, 5) is 29.2. The third kappa shape index (κ3) is 4.36. The van der Waals surface area contributed by atoms with Gasteiger partial charge in [-0.3, -0.25) is 14.7 Å². The molecule has 2 aromatic heterocycles. The van der Waals surface area contributed by atoms with E-state index in [4.69, 9.17) is 0 Å². The van der Waals surface area contributed by atoms with Gasteiger partial charge in [0, 0.05) is 35.2 Å². The van der Waals surface area contributed by atoms with Crippen molar-refractivity contribution in [3.8, 4) is 16.4 Å². The largest absolute Gasteiger partial charge is 0.356 e. The first-order valence-corrected chi connectivity index (χ1v) is 9.97. The number of carbonyl (C=O) groups is 1. The molecule has 7 heteroatoms. The van der Waals surface area contributed by atoms with Crippen molar-refractivity contribution in [3.63, 3.8) is 0 Å². The normalized spacial score (nSPS) is 10.9. The zero-order valence-electron chi connectivity index (χ0n) is 15.8. The van der Waals surface area contributed by atoms with E-state index in [1.54, 1.807) is 0 Å². The molecule has 3 rings (SSSR count). The van der Waals surface area contributed by atoms with Gasteiger partial charge in [-0.1, -0.05) is 36.8 Å². The summed E-state index contributed by atoms with van der Waals surface area (Å²) in [6, 6.07) is 8.14. The maximum Gasteiger partial charge on any atom is 0.276 e. The fourth-order valence-corrected chi connectivity index (χ4v) is 3.62. The maximum absolute atomic E-state index is 12.8. The number of rotatable bonds is 7. The Labute approximate surface area is 162 Å². The number of aryl methyl sites for hydroxylation is 2. The minimum Gasteiger partial charge on any atom is -0.356 e. The molecule has 0 aliphatic carbocycles. The van der Waals surface area contributed by atoms with Crippen LogP contribution < -0.4 is 10.9 Å². The second kappa shape index (κ2) is 8.35. The van der Waals surface area contributed by atoms with Gasteiger partial charge in [-0.15, -0.1) is 11.3 Å². The van der Waals surface area contributed by atoms with Gasteiger partial charge in [0.2, 0.25) is 11.0 Å². The van der Waals surface area contributed by atoms with E-state index in [-0.39, 0.29) is 11.5 Å². The monoisotopic (exact) mass is 384 g/mol. The SMILES string of the molecule is CCCNC(=O)CCc1c(C)[nH]n(-c2nc(-c3ccc(C)cc3)cs2)c1=O. The predicted octanol–water partition coefficient (Wildman–Crippen LogP) is 3.36. The zero-order chi connectivity index (χ0) is 19.4. The highest BCUT2D eigenvalue weighted by Crippen LogP contribution is 2.24. The van der Waals surface area contributed by atoms with Crippen molar-refractivity contribution < 1.29 is 4.79 Å². The molecule has 0 aliphatic heterocycles. The van der Waals surface area contributed by atoms with E-state index in [2.05, 4.69) is 15.4 Å². The van der Waals surface area contributed by atoms with Gasteiger partial charge in [-0.2, -0.15) is 4.68 Å². The van der Waals surface area contributed by atoms with E-state index >= 15 is 0 Å². The first-order valence-electron chi connectivity index (χ1n) is 9.09. The van der Waals surface area contributed by atoms with Crippen LogP contribution in [0.2, 0.25) is 0 Å². The second-order valence-corrected chi connectivity index (χ2v) is 7.42. The Morgan fingerprint density at radius 2 is 2.00 bits per heavy atom. The van der Waals surface area contributed by atoms with E-state index in [0.29, 0.717) is 30.1 Å². The number of hydrogen-bond donors (Lipinski definition) is 2. The van der Waals surface area contributed by atoms with Crippen LogP contribution in [0.25, 0.3) is 16.4 Å². The Morgan fingerprint density at radius 3 is 2.70 bits per heavy atom. The first kappa shape index (κ1) is 19.1. The lowest BCUT2D eigenvalue weighted by Gasteiger charge is -2.02. The van der Waals surface area contributed by atoms with Gasteiger partial charge in [0.15, 0.2) is 0 Å². The molecular weight excluding hydrogens is 360 g/mol. The molecule has 0 aliphatic rings. The van der Waals surface area contributed by atoms with Crippen molar-refractivity contribution >= 4 is 17.2 Å². The summed E-state index contributed by atoms with van der Waals surface area (Å²) < 4.78 is 1.47. The maximum atomic E-state index is 12.8. The summed E-state index contributed by atoms with van der Waals surface area (Å²) in [7, 11) is 0. The molecule has 2 N–H and O–H groups in total. The lowest BCUT2D eigenvalue weighted by atomic mass is 10.1. The van der Waals surface area contributed by atoms with E-state index in [0.717, 1.165) is 23.4 Å². The third-order valence-corrected chi connectivity index (χ3v) is 5.22. The molecule has 0 fully saturated rings. The lowest BCUT2D eigenvalue weighted by Crippen LogP contribution is -2.25. The molecule has 1 amide bonds. The van der Waals surface area contributed by atoms with Crippen LogP contribution in [0.3, 0.4) is 0 Å². The van der Waals surface area contributed by atoms with Crippen LogP contribution in [0.15, 0.2) is 34.4 Å². The highest BCUT2D eigenvalue weighted by Gasteiger charge is 2.16. The second-order valence-electron chi connectivity index (χ2n) is 6.59. The van der Waals surface area contributed by atoms with Crippen LogP contribution in [0.5, 0.6) is 0 Å². The zero-order valence-corrected chi connectivity index (χ0v) is 16.7. The highest BCUT2D eigenvalue weighted by atomic mass is 32.1. The summed E-state index contributed by atoms with van der Waals surface area (Å²) in [6.07, 6.45) is 1.62. The van der Waals surface area contributed by atoms with Crippen molar-refractivity contribution in [1.82, 2.24) is 20.1 Å². The number of aromatic amines is 1. The molecule has 3 aromatic rings. The Balaban J connectivity index is 1.79. The van der Waals surface area contributed by atoms with Crippen molar-refractivity contribution in [3.05, 3.63) is 56.8 Å². The van der Waals surface area contributed by atoms with Gasteiger partial charge in [0.05, 0.1) is 5.69 Å². The van der Waals surface area contributed by atoms with Crippen LogP contribution in [0.4, 0.5) is 0 Å². The lowest BCUT2D eigenvalue weighted by molar-refractivity contribution is -0.121. The molecule has 6 nitrogen and oxygen atoms in total. The van der Waals surface area contributed by atoms with E-state index < -0.39 is 0 Å². The minimum atomic E-state index is -0.138. The van der Waals surface area contributed by atoms with Gasteiger partial charge in [-0.25, -0.2) is 4.98 Å². The van der Waals surface area contributed by atoms with Gasteiger partial charge in [0.25, 0.3) is 5.56 Å². The molecular formula is C20H24N4O2S. The molecule has 0 spiro atoms. The van der Waals surface area contributed by atoms with Gasteiger partial charge in [-0.05, 0) is 26.7 Å². The third-order valence-electron chi connectivity index (χ3n) is 4.40. The summed E-state index contributed by atoms with van der Waals surface area (Å²) >= 11 is 1.41. The van der Waals surface area contributed by atoms with Crippen LogP contribution in [0, 0.1) is 13.8 Å². The molecule has 0 saturated heterocycles. The van der Waals surface area contributed by atoms with Crippen LogP contribution in [-0.4, -0.2) is 27.2 Å². The number of H-pyrrole nitrogens is 1. The summed E-state index contributed by atoms with van der Waals surface area (Å²) in [5, 5.41) is 8.47. The van der Waals surface area contributed by atoms with Gasteiger partial charge >= 0.3 is 0 Å². The smallest absolute Gasteiger partial charge is 0.276 e. The number of carbonyl (C=O) groups excluding carboxylic acids is 1. The standard InChI is InChI=1S/C20H24N4O2S/c1-4-11-21-18(25)10-9-16-14(3)23-24(19(16)26)20-22-17(12-27-20)15-7-5-13(2)6-8-15/h5-8,12,23H,4,9-11H2,1-3H3,(H,21,25). The Kier molecular flexibility index (Phi) is 5.91. The average Bonchev–Trinajstić information content (AvgIpc) is 3.24. The Morgan fingerprint density at radius 1 is 1.26 bits per heavy atom. The number of aromatic nitrogens is 3. The van der Waals surface area contributed by atoms with Crippen LogP contribution >= 0.6 is 11.3 Å². The van der Waals surface area contributed by atoms with E-state index in [1.807, 2.05) is 50.4 Å². The van der Waals surface area contributed by atoms with Crippen molar-refractivity contribution in [2.24, 2.45) is 0 Å². The molecule has 1 aromatic carbocycles. The van der Waals surface area contributed by atoms with Gasteiger partial charge in [0.1, 0.15) is 0 Å². The fraction of sp³-hybridized carbons (Fsp3) is 0.350. The quantitative estimate of drug-likeness (QED) is 0.655. The van der Waals surface area contributed by atoms with E-state index in [9.17, 15) is 9.59 Å². The number of thiazole rings is 1. The highest BCUT2D eigenvalue weighted by molar-refractivity contribution is 7.12. The number of amides is 1. The number of nitrogens with zero attached hydrogens (tertiary/aromatic N) is 2. The fourth-order valence-electron chi connectivity index (χ4n) is 2.83. The first-order chi connectivity index (χ1) is 13.0. The van der Waals surface area contributed by atoms with Crippen LogP contribution in [-0.2, 0) is 11.2 Å². The Hall–Kier alpha value is -2.67. The summed E-state index contributed by atoms with van der Waals surface area (Å²) in [6.45, 7) is 6.57. The molecule has 0 bridgehead atoms. The van der Waals surface area contributed by atoms with Crippen LogP contribution in [0.1, 0.15) is 36.6 Å². The van der Waals surface area contributed by atoms with Crippen molar-refractivity contribution in [1.29, 1.82) is 0 Å². The van der Waals surface area contributed by atoms with Crippen molar-refractivity contribution in [2.75, 3.05) is 6.54 Å². The van der Waals surface area contributed by atoms with Crippen molar-refractivity contribution in [2.45, 2.75) is 40.0 Å². The number of benzene rings is 1. The molecule has 0 unspecified atom stereocenters. The topological polar surface area (TPSA) is 79.8 Å².